The van der Waals surface area contributed by atoms with Crippen molar-refractivity contribution in [2.45, 2.75) is 62.9 Å². The summed E-state index contributed by atoms with van der Waals surface area (Å²) in [5.41, 5.74) is 0.893. The zero-order valence-corrected chi connectivity index (χ0v) is 19.8. The fourth-order valence-electron chi connectivity index (χ4n) is 4.03. The smallest absolute Gasteiger partial charge is 0.277 e. The maximum atomic E-state index is 13.8. The number of carbonyl (C=O) groups excluding carboxylic acids is 1. The van der Waals surface area contributed by atoms with Crippen LogP contribution in [0.15, 0.2) is 58.2 Å². The lowest BCUT2D eigenvalue weighted by molar-refractivity contribution is -0.132. The number of carbonyl (C=O) groups is 1. The molecule has 0 radical (unpaired) electrons. The van der Waals surface area contributed by atoms with Gasteiger partial charge in [0.1, 0.15) is 5.82 Å². The Balaban J connectivity index is 1.37. The van der Waals surface area contributed by atoms with Gasteiger partial charge in [-0.3, -0.25) is 4.79 Å². The highest BCUT2D eigenvalue weighted by Crippen LogP contribution is 2.28. The molecule has 0 saturated heterocycles. The first kappa shape index (κ1) is 24.2. The molecule has 1 aliphatic rings. The van der Waals surface area contributed by atoms with E-state index in [0.29, 0.717) is 6.54 Å². The molecule has 0 aliphatic heterocycles. The topological polar surface area (TPSA) is 68.5 Å². The van der Waals surface area contributed by atoms with Crippen LogP contribution in [-0.2, 0) is 11.3 Å². The SMILES string of the molecule is CC(Oc1ccccc1F)c1nnc(SCC(=O)N(Cc2ccc(F)cc2)C2CCCCC2)o1. The Morgan fingerprint density at radius 3 is 2.59 bits per heavy atom. The standard InChI is InChI=1S/C25H27F2N3O3S/c1-17(32-22-10-6-5-9-21(22)27)24-28-29-25(33-24)34-16-23(31)30(20-7-3-2-4-8-20)15-18-11-13-19(26)14-12-18/h5-6,9-14,17,20H,2-4,7-8,15-16H2,1H3. The van der Waals surface area contributed by atoms with Crippen molar-refractivity contribution in [2.24, 2.45) is 0 Å². The number of amides is 1. The van der Waals surface area contributed by atoms with Gasteiger partial charge in [-0.1, -0.05) is 55.3 Å². The zero-order chi connectivity index (χ0) is 23.9. The molecule has 9 heteroatoms. The number of benzene rings is 2. The number of hydrogen-bond acceptors (Lipinski definition) is 6. The number of rotatable bonds is 9. The quantitative estimate of drug-likeness (QED) is 0.348. The van der Waals surface area contributed by atoms with Crippen LogP contribution in [0.3, 0.4) is 0 Å². The molecule has 0 bridgehead atoms. The van der Waals surface area contributed by atoms with Crippen molar-refractivity contribution in [3.63, 3.8) is 0 Å². The van der Waals surface area contributed by atoms with E-state index in [1.807, 2.05) is 4.90 Å². The van der Waals surface area contributed by atoms with Crippen molar-refractivity contribution in [1.29, 1.82) is 0 Å². The Kier molecular flexibility index (Phi) is 8.16. The fraction of sp³-hybridized carbons (Fsp3) is 0.400. The van der Waals surface area contributed by atoms with Gasteiger partial charge in [0.05, 0.1) is 5.75 Å². The predicted molar refractivity (Wildman–Crippen MR) is 124 cm³/mol. The van der Waals surface area contributed by atoms with E-state index >= 15 is 0 Å². The molecule has 1 amide bonds. The molecule has 2 aromatic carbocycles. The molecule has 34 heavy (non-hydrogen) atoms. The average molecular weight is 488 g/mol. The van der Waals surface area contributed by atoms with Crippen LogP contribution in [0.4, 0.5) is 8.78 Å². The van der Waals surface area contributed by atoms with Crippen LogP contribution in [0, 0.1) is 11.6 Å². The van der Waals surface area contributed by atoms with E-state index in [2.05, 4.69) is 10.2 Å². The minimum Gasteiger partial charge on any atom is -0.478 e. The first-order valence-corrected chi connectivity index (χ1v) is 12.4. The van der Waals surface area contributed by atoms with E-state index in [1.165, 1.54) is 30.7 Å². The van der Waals surface area contributed by atoms with Gasteiger partial charge in [-0.05, 0) is 49.6 Å². The monoisotopic (exact) mass is 487 g/mol. The second-order valence-electron chi connectivity index (χ2n) is 8.33. The molecule has 4 rings (SSSR count). The van der Waals surface area contributed by atoms with E-state index < -0.39 is 11.9 Å². The van der Waals surface area contributed by atoms with Gasteiger partial charge in [-0.2, -0.15) is 0 Å². The summed E-state index contributed by atoms with van der Waals surface area (Å²) in [6.45, 7) is 2.12. The van der Waals surface area contributed by atoms with Gasteiger partial charge in [0, 0.05) is 12.6 Å². The predicted octanol–water partition coefficient (Wildman–Crippen LogP) is 5.94. The maximum absolute atomic E-state index is 13.8. The highest BCUT2D eigenvalue weighted by Gasteiger charge is 2.26. The molecule has 1 aliphatic carbocycles. The number of thioether (sulfide) groups is 1. The van der Waals surface area contributed by atoms with Crippen molar-refractivity contribution in [3.05, 3.63) is 71.6 Å². The van der Waals surface area contributed by atoms with Gasteiger partial charge >= 0.3 is 0 Å². The number of ether oxygens (including phenoxy) is 1. The van der Waals surface area contributed by atoms with Crippen LogP contribution in [-0.4, -0.2) is 32.8 Å². The minimum absolute atomic E-state index is 0.0309. The Bertz CT molecular complexity index is 1090. The first-order chi connectivity index (χ1) is 16.5. The summed E-state index contributed by atoms with van der Waals surface area (Å²) in [5.74, 6) is -0.359. The third kappa shape index (κ3) is 6.34. The lowest BCUT2D eigenvalue weighted by Crippen LogP contribution is -2.41. The molecule has 1 heterocycles. The third-order valence-corrected chi connectivity index (χ3v) is 6.63. The number of halogens is 2. The normalized spacial score (nSPS) is 15.1. The first-order valence-electron chi connectivity index (χ1n) is 11.4. The van der Waals surface area contributed by atoms with Crippen molar-refractivity contribution in [1.82, 2.24) is 15.1 Å². The maximum Gasteiger partial charge on any atom is 0.277 e. The van der Waals surface area contributed by atoms with Crippen LogP contribution in [0.2, 0.25) is 0 Å². The molecule has 6 nitrogen and oxygen atoms in total. The second-order valence-corrected chi connectivity index (χ2v) is 9.25. The summed E-state index contributed by atoms with van der Waals surface area (Å²) < 4.78 is 38.4. The van der Waals surface area contributed by atoms with Crippen LogP contribution >= 0.6 is 11.8 Å². The van der Waals surface area contributed by atoms with Crippen LogP contribution in [0.5, 0.6) is 5.75 Å². The largest absolute Gasteiger partial charge is 0.478 e. The van der Waals surface area contributed by atoms with E-state index in [-0.39, 0.29) is 40.4 Å². The lowest BCUT2D eigenvalue weighted by Gasteiger charge is -2.34. The van der Waals surface area contributed by atoms with Gasteiger partial charge in [-0.25, -0.2) is 8.78 Å². The summed E-state index contributed by atoms with van der Waals surface area (Å²) in [7, 11) is 0. The number of aromatic nitrogens is 2. The van der Waals surface area contributed by atoms with Crippen LogP contribution in [0.1, 0.15) is 56.6 Å². The van der Waals surface area contributed by atoms with E-state index in [4.69, 9.17) is 9.15 Å². The molecule has 3 aromatic rings. The van der Waals surface area contributed by atoms with Crippen molar-refractivity contribution < 1.29 is 22.7 Å². The van der Waals surface area contributed by atoms with Gasteiger partial charge in [0.15, 0.2) is 17.7 Å². The van der Waals surface area contributed by atoms with E-state index in [1.54, 1.807) is 31.2 Å². The molecular weight excluding hydrogens is 460 g/mol. The fourth-order valence-corrected chi connectivity index (χ4v) is 4.69. The third-order valence-electron chi connectivity index (χ3n) is 5.83. The lowest BCUT2D eigenvalue weighted by atomic mass is 9.94. The molecule has 1 saturated carbocycles. The molecule has 0 N–H and O–H groups in total. The molecule has 1 atom stereocenters. The molecule has 1 aromatic heterocycles. The molecule has 1 unspecified atom stereocenters. The molecule has 180 valence electrons. The number of para-hydroxylation sites is 1. The van der Waals surface area contributed by atoms with E-state index in [0.717, 1.165) is 43.0 Å². The van der Waals surface area contributed by atoms with Gasteiger partial charge < -0.3 is 14.1 Å². The number of hydrogen-bond donors (Lipinski definition) is 0. The van der Waals surface area contributed by atoms with Crippen molar-refractivity contribution >= 4 is 17.7 Å². The Hall–Kier alpha value is -2.94. The Morgan fingerprint density at radius 1 is 1.12 bits per heavy atom. The summed E-state index contributed by atoms with van der Waals surface area (Å²) in [5, 5.41) is 8.23. The minimum atomic E-state index is -0.647. The Morgan fingerprint density at radius 2 is 1.85 bits per heavy atom. The summed E-state index contributed by atoms with van der Waals surface area (Å²) in [6, 6.07) is 12.5. The molecule has 0 spiro atoms. The summed E-state index contributed by atoms with van der Waals surface area (Å²) >= 11 is 1.16. The average Bonchev–Trinajstić information content (AvgIpc) is 3.33. The second kappa shape index (κ2) is 11.5. The van der Waals surface area contributed by atoms with Crippen LogP contribution in [0.25, 0.3) is 0 Å². The van der Waals surface area contributed by atoms with Gasteiger partial charge in [-0.15, -0.1) is 10.2 Å². The van der Waals surface area contributed by atoms with Crippen LogP contribution < -0.4 is 4.74 Å². The highest BCUT2D eigenvalue weighted by molar-refractivity contribution is 7.99. The number of nitrogens with zero attached hydrogens (tertiary/aromatic N) is 3. The summed E-state index contributed by atoms with van der Waals surface area (Å²) in [4.78, 5) is 15.1. The Labute approximate surface area is 201 Å². The zero-order valence-electron chi connectivity index (χ0n) is 19.0. The van der Waals surface area contributed by atoms with Gasteiger partial charge in [0.2, 0.25) is 5.91 Å². The highest BCUT2D eigenvalue weighted by atomic mass is 32.2. The van der Waals surface area contributed by atoms with E-state index in [9.17, 15) is 13.6 Å². The van der Waals surface area contributed by atoms with Crippen molar-refractivity contribution in [3.8, 4) is 5.75 Å². The molecule has 1 fully saturated rings. The van der Waals surface area contributed by atoms with Gasteiger partial charge in [0.25, 0.3) is 11.1 Å². The molecular formula is C25H27F2N3O3S. The summed E-state index contributed by atoms with van der Waals surface area (Å²) in [6.07, 6.45) is 4.66. The van der Waals surface area contributed by atoms with Crippen molar-refractivity contribution in [2.75, 3.05) is 5.75 Å².